The SMILES string of the molecule is CC(C)C(N)C(=O)c1cccc(Br)c1. The summed E-state index contributed by atoms with van der Waals surface area (Å²) in [6.07, 6.45) is 0. The largest absolute Gasteiger partial charge is 0.321 e. The topological polar surface area (TPSA) is 43.1 Å². The van der Waals surface area contributed by atoms with E-state index in [4.69, 9.17) is 5.73 Å². The molecule has 0 aliphatic heterocycles. The molecule has 0 heterocycles. The fraction of sp³-hybridized carbons (Fsp3) is 0.364. The van der Waals surface area contributed by atoms with Gasteiger partial charge < -0.3 is 5.73 Å². The summed E-state index contributed by atoms with van der Waals surface area (Å²) < 4.78 is 0.902. The van der Waals surface area contributed by atoms with Crippen molar-refractivity contribution in [3.05, 3.63) is 34.3 Å². The van der Waals surface area contributed by atoms with E-state index in [1.165, 1.54) is 0 Å². The number of ketones is 1. The van der Waals surface area contributed by atoms with Crippen LogP contribution in [0.3, 0.4) is 0 Å². The molecule has 0 spiro atoms. The van der Waals surface area contributed by atoms with Crippen molar-refractivity contribution in [3.63, 3.8) is 0 Å². The number of carbonyl (C=O) groups excluding carboxylic acids is 1. The fourth-order valence-corrected chi connectivity index (χ4v) is 1.54. The lowest BCUT2D eigenvalue weighted by atomic mass is 9.96. The first kappa shape index (κ1) is 11.4. The van der Waals surface area contributed by atoms with Gasteiger partial charge in [-0.3, -0.25) is 4.79 Å². The van der Waals surface area contributed by atoms with Crippen LogP contribution in [0.5, 0.6) is 0 Å². The van der Waals surface area contributed by atoms with Gasteiger partial charge >= 0.3 is 0 Å². The Labute approximate surface area is 92.6 Å². The summed E-state index contributed by atoms with van der Waals surface area (Å²) in [6, 6.07) is 6.89. The molecule has 1 atom stereocenters. The van der Waals surface area contributed by atoms with Crippen molar-refractivity contribution >= 4 is 21.7 Å². The Balaban J connectivity index is 2.89. The van der Waals surface area contributed by atoms with Gasteiger partial charge in [0, 0.05) is 10.0 Å². The van der Waals surface area contributed by atoms with Crippen molar-refractivity contribution in [1.29, 1.82) is 0 Å². The van der Waals surface area contributed by atoms with E-state index in [0.717, 1.165) is 4.47 Å². The van der Waals surface area contributed by atoms with Gasteiger partial charge in [0.15, 0.2) is 5.78 Å². The number of nitrogens with two attached hydrogens (primary N) is 1. The summed E-state index contributed by atoms with van der Waals surface area (Å²) >= 11 is 3.32. The molecule has 0 saturated heterocycles. The van der Waals surface area contributed by atoms with E-state index in [-0.39, 0.29) is 11.7 Å². The van der Waals surface area contributed by atoms with Crippen molar-refractivity contribution in [1.82, 2.24) is 0 Å². The molecule has 1 aromatic carbocycles. The number of carbonyl (C=O) groups is 1. The minimum absolute atomic E-state index is 0.00120. The predicted molar refractivity (Wildman–Crippen MR) is 61.3 cm³/mol. The molecule has 0 amide bonds. The van der Waals surface area contributed by atoms with E-state index in [2.05, 4.69) is 15.9 Å². The van der Waals surface area contributed by atoms with Crippen LogP contribution in [0.15, 0.2) is 28.7 Å². The summed E-state index contributed by atoms with van der Waals surface area (Å²) in [7, 11) is 0. The van der Waals surface area contributed by atoms with Gasteiger partial charge in [-0.2, -0.15) is 0 Å². The van der Waals surface area contributed by atoms with Crippen LogP contribution in [-0.2, 0) is 0 Å². The van der Waals surface area contributed by atoms with Crippen molar-refractivity contribution in [2.75, 3.05) is 0 Å². The molecule has 0 aromatic heterocycles. The third-order valence-electron chi connectivity index (χ3n) is 2.13. The maximum absolute atomic E-state index is 11.8. The monoisotopic (exact) mass is 255 g/mol. The lowest BCUT2D eigenvalue weighted by Crippen LogP contribution is -2.35. The zero-order valence-electron chi connectivity index (χ0n) is 8.33. The minimum Gasteiger partial charge on any atom is -0.321 e. The van der Waals surface area contributed by atoms with Crippen LogP contribution in [0, 0.1) is 5.92 Å². The number of hydrogen-bond acceptors (Lipinski definition) is 2. The fourth-order valence-electron chi connectivity index (χ4n) is 1.14. The van der Waals surface area contributed by atoms with Crippen LogP contribution in [0.4, 0.5) is 0 Å². The molecule has 2 nitrogen and oxygen atoms in total. The van der Waals surface area contributed by atoms with Crippen LogP contribution < -0.4 is 5.73 Å². The van der Waals surface area contributed by atoms with E-state index in [1.54, 1.807) is 12.1 Å². The Morgan fingerprint density at radius 2 is 2.07 bits per heavy atom. The Morgan fingerprint density at radius 3 is 2.57 bits per heavy atom. The van der Waals surface area contributed by atoms with E-state index < -0.39 is 6.04 Å². The Hall–Kier alpha value is -0.670. The van der Waals surface area contributed by atoms with Crippen LogP contribution in [-0.4, -0.2) is 11.8 Å². The first-order valence-electron chi connectivity index (χ1n) is 4.57. The van der Waals surface area contributed by atoms with Gasteiger partial charge in [-0.1, -0.05) is 41.9 Å². The van der Waals surface area contributed by atoms with Gasteiger partial charge in [0.25, 0.3) is 0 Å². The molecule has 1 rings (SSSR count). The van der Waals surface area contributed by atoms with Gasteiger partial charge in [0.05, 0.1) is 6.04 Å². The summed E-state index contributed by atoms with van der Waals surface area (Å²) in [6.45, 7) is 3.89. The average molecular weight is 256 g/mol. The van der Waals surface area contributed by atoms with E-state index >= 15 is 0 Å². The Morgan fingerprint density at radius 1 is 1.43 bits per heavy atom. The summed E-state index contributed by atoms with van der Waals surface area (Å²) in [5, 5.41) is 0. The summed E-state index contributed by atoms with van der Waals surface area (Å²) in [5.41, 5.74) is 6.44. The van der Waals surface area contributed by atoms with Gasteiger partial charge in [0.1, 0.15) is 0 Å². The van der Waals surface area contributed by atoms with Gasteiger partial charge in [0.2, 0.25) is 0 Å². The quantitative estimate of drug-likeness (QED) is 0.845. The number of Topliss-reactive ketones (excluding diaryl/α,β-unsaturated/α-hetero) is 1. The second-order valence-electron chi connectivity index (χ2n) is 3.64. The van der Waals surface area contributed by atoms with Crippen molar-refractivity contribution < 1.29 is 4.79 Å². The first-order chi connectivity index (χ1) is 6.52. The Kier molecular flexibility index (Phi) is 3.84. The molecule has 14 heavy (non-hydrogen) atoms. The van der Waals surface area contributed by atoms with Crippen LogP contribution in [0.1, 0.15) is 24.2 Å². The minimum atomic E-state index is -0.413. The summed E-state index contributed by atoms with van der Waals surface area (Å²) in [4.78, 5) is 11.8. The van der Waals surface area contributed by atoms with E-state index in [9.17, 15) is 4.79 Å². The molecule has 0 aliphatic rings. The number of benzene rings is 1. The van der Waals surface area contributed by atoms with E-state index in [0.29, 0.717) is 5.56 Å². The van der Waals surface area contributed by atoms with Crippen LogP contribution in [0.25, 0.3) is 0 Å². The maximum atomic E-state index is 11.8. The number of hydrogen-bond donors (Lipinski definition) is 1. The second-order valence-corrected chi connectivity index (χ2v) is 4.56. The lowest BCUT2D eigenvalue weighted by Gasteiger charge is -2.14. The molecule has 2 N–H and O–H groups in total. The predicted octanol–water partition coefficient (Wildman–Crippen LogP) is 2.62. The van der Waals surface area contributed by atoms with Crippen LogP contribution >= 0.6 is 15.9 Å². The summed E-state index contributed by atoms with van der Waals surface area (Å²) in [5.74, 6) is 0.169. The highest BCUT2D eigenvalue weighted by atomic mass is 79.9. The molecule has 1 aromatic rings. The molecular weight excluding hydrogens is 242 g/mol. The first-order valence-corrected chi connectivity index (χ1v) is 5.37. The van der Waals surface area contributed by atoms with Gasteiger partial charge in [-0.25, -0.2) is 0 Å². The smallest absolute Gasteiger partial charge is 0.179 e. The highest BCUT2D eigenvalue weighted by Crippen LogP contribution is 2.14. The maximum Gasteiger partial charge on any atom is 0.179 e. The van der Waals surface area contributed by atoms with E-state index in [1.807, 2.05) is 26.0 Å². The van der Waals surface area contributed by atoms with Gasteiger partial charge in [-0.05, 0) is 18.1 Å². The third kappa shape index (κ3) is 2.66. The third-order valence-corrected chi connectivity index (χ3v) is 2.62. The molecule has 0 bridgehead atoms. The zero-order chi connectivity index (χ0) is 10.7. The van der Waals surface area contributed by atoms with Gasteiger partial charge in [-0.15, -0.1) is 0 Å². The second kappa shape index (κ2) is 4.71. The highest BCUT2D eigenvalue weighted by molar-refractivity contribution is 9.10. The average Bonchev–Trinajstić information content (AvgIpc) is 2.15. The molecule has 0 fully saturated rings. The number of halogens is 1. The molecule has 1 unspecified atom stereocenters. The molecular formula is C11H14BrNO. The van der Waals surface area contributed by atoms with Crippen LogP contribution in [0.2, 0.25) is 0 Å². The van der Waals surface area contributed by atoms with Crippen molar-refractivity contribution in [3.8, 4) is 0 Å². The van der Waals surface area contributed by atoms with Crippen molar-refractivity contribution in [2.24, 2.45) is 11.7 Å². The molecule has 76 valence electrons. The lowest BCUT2D eigenvalue weighted by molar-refractivity contribution is 0.0940. The number of rotatable bonds is 3. The Bertz CT molecular complexity index is 336. The molecule has 0 aliphatic carbocycles. The molecule has 0 saturated carbocycles. The molecule has 3 heteroatoms. The standard InChI is InChI=1S/C11H14BrNO/c1-7(2)10(13)11(14)8-4-3-5-9(12)6-8/h3-7,10H,13H2,1-2H3. The van der Waals surface area contributed by atoms with Crippen molar-refractivity contribution in [2.45, 2.75) is 19.9 Å². The normalized spacial score (nSPS) is 12.9. The molecule has 0 radical (unpaired) electrons. The highest BCUT2D eigenvalue weighted by Gasteiger charge is 2.18. The zero-order valence-corrected chi connectivity index (χ0v) is 9.91.